The molecule has 0 heterocycles. The van der Waals surface area contributed by atoms with Gasteiger partial charge in [-0.2, -0.15) is 0 Å². The largest absolute Gasteiger partial charge is 0.385 e. The zero-order valence-corrected chi connectivity index (χ0v) is 10.0. The maximum Gasteiger partial charge on any atom is 0.158 e. The summed E-state index contributed by atoms with van der Waals surface area (Å²) in [6.07, 6.45) is 1.68. The maximum atomic E-state index is 11.6. The molecule has 86 valence electrons. The number of rotatable bonds is 4. The summed E-state index contributed by atoms with van der Waals surface area (Å²) in [7, 11) is 0. The van der Waals surface area contributed by atoms with Crippen LogP contribution in [0.4, 0.5) is 0 Å². The highest BCUT2D eigenvalue weighted by Crippen LogP contribution is 2.24. The van der Waals surface area contributed by atoms with E-state index in [-0.39, 0.29) is 12.2 Å². The van der Waals surface area contributed by atoms with Crippen molar-refractivity contribution in [3.63, 3.8) is 0 Å². The van der Waals surface area contributed by atoms with Crippen LogP contribution in [0.5, 0.6) is 0 Å². The van der Waals surface area contributed by atoms with E-state index in [1.54, 1.807) is 13.0 Å². The topological polar surface area (TPSA) is 37.3 Å². The molecule has 0 aliphatic rings. The van der Waals surface area contributed by atoms with Gasteiger partial charge in [0.15, 0.2) is 5.78 Å². The van der Waals surface area contributed by atoms with Crippen LogP contribution in [0.25, 0.3) is 0 Å². The first kappa shape index (κ1) is 12.7. The maximum absolute atomic E-state index is 11.6. The molecule has 0 spiro atoms. The summed E-state index contributed by atoms with van der Waals surface area (Å²) in [6, 6.07) is 9.26. The predicted molar refractivity (Wildman–Crippen MR) is 65.1 cm³/mol. The minimum Gasteiger partial charge on any atom is -0.385 e. The highest BCUT2D eigenvalue weighted by molar-refractivity contribution is 5.91. The number of benzene rings is 1. The monoisotopic (exact) mass is 218 g/mol. The van der Waals surface area contributed by atoms with E-state index in [0.29, 0.717) is 0 Å². The van der Waals surface area contributed by atoms with E-state index in [9.17, 15) is 9.90 Å². The molecule has 0 aliphatic carbocycles. The van der Waals surface area contributed by atoms with Crippen LogP contribution in [0.2, 0.25) is 0 Å². The molecule has 1 rings (SSSR count). The van der Waals surface area contributed by atoms with Crippen molar-refractivity contribution in [2.75, 3.05) is 0 Å². The molecule has 1 aromatic rings. The normalized spacial score (nSPS) is 14.0. The van der Waals surface area contributed by atoms with Crippen molar-refractivity contribution in [3.8, 4) is 0 Å². The van der Waals surface area contributed by atoms with Gasteiger partial charge in [0.2, 0.25) is 0 Å². The van der Waals surface area contributed by atoms with Gasteiger partial charge < -0.3 is 5.11 Å². The average Bonchev–Trinajstić information content (AvgIpc) is 2.16. The molecule has 0 unspecified atom stereocenters. The Morgan fingerprint density at radius 1 is 1.31 bits per heavy atom. The highest BCUT2D eigenvalue weighted by Gasteiger charge is 2.25. The summed E-state index contributed by atoms with van der Waals surface area (Å²) in [5.74, 6) is -0.0474. The standard InChI is InChI=1S/C14H18O2/c1-11(2)9-13(15)10-14(3,16)12-7-5-4-6-8-12/h4-9,16H,10H2,1-3H3/t14-/m1/s1. The van der Waals surface area contributed by atoms with Gasteiger partial charge in [-0.15, -0.1) is 0 Å². The first-order valence-corrected chi connectivity index (χ1v) is 5.37. The molecule has 0 aliphatic heterocycles. The molecular formula is C14H18O2. The van der Waals surface area contributed by atoms with Crippen molar-refractivity contribution in [2.24, 2.45) is 0 Å². The van der Waals surface area contributed by atoms with Crippen LogP contribution in [0.1, 0.15) is 32.8 Å². The van der Waals surface area contributed by atoms with Crippen LogP contribution in [0, 0.1) is 0 Å². The molecule has 1 aromatic carbocycles. The summed E-state index contributed by atoms with van der Waals surface area (Å²) in [6.45, 7) is 5.41. The van der Waals surface area contributed by atoms with E-state index in [0.717, 1.165) is 11.1 Å². The fourth-order valence-electron chi connectivity index (χ4n) is 1.61. The molecule has 0 amide bonds. The number of hydrogen-bond acceptors (Lipinski definition) is 2. The molecule has 0 saturated carbocycles. The van der Waals surface area contributed by atoms with Gasteiger partial charge >= 0.3 is 0 Å². The fourth-order valence-corrected chi connectivity index (χ4v) is 1.61. The van der Waals surface area contributed by atoms with Gasteiger partial charge in [-0.05, 0) is 32.4 Å². The first-order valence-electron chi connectivity index (χ1n) is 5.37. The third kappa shape index (κ3) is 3.63. The van der Waals surface area contributed by atoms with E-state index < -0.39 is 5.60 Å². The fraction of sp³-hybridized carbons (Fsp3) is 0.357. The summed E-state index contributed by atoms with van der Waals surface area (Å²) in [5.41, 5.74) is 0.629. The smallest absolute Gasteiger partial charge is 0.158 e. The lowest BCUT2D eigenvalue weighted by atomic mass is 9.90. The SMILES string of the molecule is CC(C)=CC(=O)C[C@@](C)(O)c1ccccc1. The van der Waals surface area contributed by atoms with Crippen molar-refractivity contribution in [1.82, 2.24) is 0 Å². The van der Waals surface area contributed by atoms with Crippen molar-refractivity contribution >= 4 is 5.78 Å². The Hall–Kier alpha value is -1.41. The van der Waals surface area contributed by atoms with Gasteiger partial charge in [-0.25, -0.2) is 0 Å². The zero-order chi connectivity index (χ0) is 12.2. The second kappa shape index (κ2) is 5.08. The average molecular weight is 218 g/mol. The van der Waals surface area contributed by atoms with Gasteiger partial charge in [0.05, 0.1) is 5.60 Å². The highest BCUT2D eigenvalue weighted by atomic mass is 16.3. The molecule has 2 nitrogen and oxygen atoms in total. The van der Waals surface area contributed by atoms with Crippen molar-refractivity contribution in [3.05, 3.63) is 47.5 Å². The number of carbonyl (C=O) groups is 1. The Labute approximate surface area is 96.6 Å². The van der Waals surface area contributed by atoms with E-state index >= 15 is 0 Å². The molecule has 16 heavy (non-hydrogen) atoms. The van der Waals surface area contributed by atoms with Crippen LogP contribution < -0.4 is 0 Å². The number of carbonyl (C=O) groups excluding carboxylic acids is 1. The van der Waals surface area contributed by atoms with Gasteiger partial charge in [-0.1, -0.05) is 35.9 Å². The van der Waals surface area contributed by atoms with Gasteiger partial charge in [0.1, 0.15) is 0 Å². The Kier molecular flexibility index (Phi) is 4.02. The van der Waals surface area contributed by atoms with Crippen LogP contribution in [-0.4, -0.2) is 10.9 Å². The van der Waals surface area contributed by atoms with E-state index in [1.807, 2.05) is 44.2 Å². The Morgan fingerprint density at radius 3 is 2.38 bits per heavy atom. The number of hydrogen-bond donors (Lipinski definition) is 1. The van der Waals surface area contributed by atoms with Crippen LogP contribution in [-0.2, 0) is 10.4 Å². The molecule has 0 fully saturated rings. The summed E-state index contributed by atoms with van der Waals surface area (Å²) in [5, 5.41) is 10.2. The van der Waals surface area contributed by atoms with E-state index in [1.165, 1.54) is 0 Å². The minimum absolute atomic E-state index is 0.0474. The minimum atomic E-state index is -1.09. The molecule has 0 saturated heterocycles. The van der Waals surface area contributed by atoms with Crippen LogP contribution in [0.3, 0.4) is 0 Å². The van der Waals surface area contributed by atoms with Crippen molar-refractivity contribution in [1.29, 1.82) is 0 Å². The van der Waals surface area contributed by atoms with Gasteiger partial charge in [0, 0.05) is 6.42 Å². The molecule has 2 heteroatoms. The first-order chi connectivity index (χ1) is 7.42. The number of aliphatic hydroxyl groups is 1. The van der Waals surface area contributed by atoms with Crippen molar-refractivity contribution in [2.45, 2.75) is 32.8 Å². The summed E-state index contributed by atoms with van der Waals surface area (Å²) >= 11 is 0. The third-order valence-electron chi connectivity index (χ3n) is 2.36. The molecule has 0 bridgehead atoms. The number of allylic oxidation sites excluding steroid dienone is 2. The lowest BCUT2D eigenvalue weighted by Gasteiger charge is -2.22. The third-order valence-corrected chi connectivity index (χ3v) is 2.36. The summed E-state index contributed by atoms with van der Waals surface area (Å²) < 4.78 is 0. The van der Waals surface area contributed by atoms with Crippen LogP contribution >= 0.6 is 0 Å². The zero-order valence-electron chi connectivity index (χ0n) is 10.0. The number of ketones is 1. The Morgan fingerprint density at radius 2 is 1.88 bits per heavy atom. The molecule has 0 aromatic heterocycles. The van der Waals surface area contributed by atoms with Crippen LogP contribution in [0.15, 0.2) is 42.0 Å². The molecular weight excluding hydrogens is 200 g/mol. The molecule has 1 N–H and O–H groups in total. The Bertz CT molecular complexity index is 384. The lowest BCUT2D eigenvalue weighted by molar-refractivity contribution is -0.119. The second-order valence-corrected chi connectivity index (χ2v) is 4.50. The second-order valence-electron chi connectivity index (χ2n) is 4.50. The lowest BCUT2D eigenvalue weighted by Crippen LogP contribution is -2.24. The molecule has 0 radical (unpaired) electrons. The van der Waals surface area contributed by atoms with Gasteiger partial charge in [-0.3, -0.25) is 4.79 Å². The van der Waals surface area contributed by atoms with E-state index in [4.69, 9.17) is 0 Å². The molecule has 1 atom stereocenters. The predicted octanol–water partition coefficient (Wildman–Crippen LogP) is 2.82. The summed E-state index contributed by atoms with van der Waals surface area (Å²) in [4.78, 5) is 11.6. The van der Waals surface area contributed by atoms with Crippen molar-refractivity contribution < 1.29 is 9.90 Å². The quantitative estimate of drug-likeness (QED) is 0.789. The van der Waals surface area contributed by atoms with Gasteiger partial charge in [0.25, 0.3) is 0 Å². The van der Waals surface area contributed by atoms with E-state index in [2.05, 4.69) is 0 Å². The Balaban J connectivity index is 2.80.